The molecule has 166 valence electrons. The molecule has 1 atom stereocenters. The highest BCUT2D eigenvalue weighted by molar-refractivity contribution is 7.98. The fourth-order valence-electron chi connectivity index (χ4n) is 3.83. The monoisotopic (exact) mass is 460 g/mol. The van der Waals surface area contributed by atoms with Crippen molar-refractivity contribution in [1.82, 2.24) is 38.8 Å². The van der Waals surface area contributed by atoms with Crippen molar-refractivity contribution in [3.63, 3.8) is 0 Å². The van der Waals surface area contributed by atoms with Gasteiger partial charge in [-0.1, -0.05) is 32.0 Å². The largest absolute Gasteiger partial charge is 0.305 e. The van der Waals surface area contributed by atoms with Crippen molar-refractivity contribution in [2.45, 2.75) is 56.6 Å². The Balaban J connectivity index is 1.69. The van der Waals surface area contributed by atoms with Gasteiger partial charge in [0.25, 0.3) is 5.56 Å². The lowest BCUT2D eigenvalue weighted by atomic mass is 10.2. The number of aromatic nitrogens is 7. The average molecular weight is 461 g/mol. The Hall–Kier alpha value is -2.24. The van der Waals surface area contributed by atoms with Gasteiger partial charge in [-0.3, -0.25) is 18.7 Å². The van der Waals surface area contributed by atoms with Crippen molar-refractivity contribution in [3.8, 4) is 0 Å². The van der Waals surface area contributed by atoms with E-state index in [0.717, 1.165) is 48.1 Å². The highest BCUT2D eigenvalue weighted by Gasteiger charge is 2.23. The van der Waals surface area contributed by atoms with Gasteiger partial charge in [0.05, 0.1) is 17.3 Å². The van der Waals surface area contributed by atoms with Gasteiger partial charge in [0.1, 0.15) is 10.5 Å². The van der Waals surface area contributed by atoms with Gasteiger partial charge in [0, 0.05) is 13.6 Å². The van der Waals surface area contributed by atoms with E-state index in [1.54, 1.807) is 23.4 Å². The molecule has 0 aliphatic rings. The summed E-state index contributed by atoms with van der Waals surface area (Å²) >= 11 is 3.06. The molecule has 0 bridgehead atoms. The molecule has 4 heterocycles. The molecule has 0 amide bonds. The van der Waals surface area contributed by atoms with E-state index in [1.807, 2.05) is 15.8 Å². The van der Waals surface area contributed by atoms with Gasteiger partial charge >= 0.3 is 0 Å². The Morgan fingerprint density at radius 3 is 2.71 bits per heavy atom. The molecule has 9 nitrogen and oxygen atoms in total. The molecule has 4 aromatic rings. The van der Waals surface area contributed by atoms with Crippen molar-refractivity contribution < 1.29 is 0 Å². The highest BCUT2D eigenvalue weighted by atomic mass is 32.2. The lowest BCUT2D eigenvalue weighted by Crippen LogP contribution is -2.23. The van der Waals surface area contributed by atoms with Gasteiger partial charge in [-0.25, -0.2) is 0 Å². The number of fused-ring (bicyclic) bond motifs is 3. The van der Waals surface area contributed by atoms with Crippen LogP contribution in [-0.2, 0) is 19.3 Å². The molecule has 0 spiro atoms. The van der Waals surface area contributed by atoms with Crippen LogP contribution in [-0.4, -0.2) is 52.9 Å². The first-order valence-electron chi connectivity index (χ1n) is 10.5. The maximum absolute atomic E-state index is 12.5. The number of unbranched alkanes of at least 4 members (excludes halogenated alkanes) is 1. The number of aryl methyl sites for hydroxylation is 1. The van der Waals surface area contributed by atoms with Crippen molar-refractivity contribution in [2.75, 3.05) is 14.1 Å². The molecule has 31 heavy (non-hydrogen) atoms. The van der Waals surface area contributed by atoms with E-state index in [-0.39, 0.29) is 11.6 Å². The summed E-state index contributed by atoms with van der Waals surface area (Å²) in [6.45, 7) is 5.27. The summed E-state index contributed by atoms with van der Waals surface area (Å²) in [5.74, 6) is 2.95. The Morgan fingerprint density at radius 1 is 1.19 bits per heavy atom. The zero-order valence-corrected chi connectivity index (χ0v) is 20.2. The van der Waals surface area contributed by atoms with E-state index < -0.39 is 0 Å². The molecular formula is C20H28N8OS2. The Labute approximate surface area is 189 Å². The summed E-state index contributed by atoms with van der Waals surface area (Å²) in [5, 5.41) is 20.6. The van der Waals surface area contributed by atoms with E-state index >= 15 is 0 Å². The second-order valence-electron chi connectivity index (χ2n) is 7.77. The van der Waals surface area contributed by atoms with Crippen LogP contribution in [0.3, 0.4) is 0 Å². The molecule has 0 saturated carbocycles. The lowest BCUT2D eigenvalue weighted by Gasteiger charge is -2.23. The number of thioether (sulfide) groups is 1. The van der Waals surface area contributed by atoms with Crippen LogP contribution in [0.5, 0.6) is 0 Å². The quantitative estimate of drug-likeness (QED) is 0.354. The van der Waals surface area contributed by atoms with Crippen LogP contribution in [0.25, 0.3) is 16.0 Å². The van der Waals surface area contributed by atoms with Crippen LogP contribution < -0.4 is 5.56 Å². The molecule has 0 aromatic carbocycles. The minimum atomic E-state index is -0.0395. The molecule has 0 N–H and O–H groups in total. The molecular weight excluding hydrogens is 432 g/mol. The van der Waals surface area contributed by atoms with E-state index in [0.29, 0.717) is 16.2 Å². The van der Waals surface area contributed by atoms with E-state index in [4.69, 9.17) is 0 Å². The van der Waals surface area contributed by atoms with E-state index in [2.05, 4.69) is 57.8 Å². The smallest absolute Gasteiger partial charge is 0.272 e. The lowest BCUT2D eigenvalue weighted by molar-refractivity contribution is 0.270. The molecule has 0 aliphatic carbocycles. The summed E-state index contributed by atoms with van der Waals surface area (Å²) in [6, 6.07) is 2.18. The first kappa shape index (κ1) is 22.0. The van der Waals surface area contributed by atoms with Gasteiger partial charge in [-0.2, -0.15) is 0 Å². The number of nitrogens with zero attached hydrogens (tertiary/aromatic N) is 8. The number of thiophene rings is 1. The van der Waals surface area contributed by atoms with Crippen LogP contribution in [0.2, 0.25) is 0 Å². The molecule has 1 unspecified atom stereocenters. The van der Waals surface area contributed by atoms with Gasteiger partial charge < -0.3 is 4.57 Å². The SMILES string of the molecule is CCCCn1c(SCc2nnc3n(C)c(=O)c4sccc4n23)nnc1C(CC)N(C)C. The zero-order chi connectivity index (χ0) is 22.1. The molecule has 0 radical (unpaired) electrons. The average Bonchev–Trinajstić information content (AvgIpc) is 3.47. The van der Waals surface area contributed by atoms with Gasteiger partial charge in [-0.05, 0) is 38.4 Å². The fourth-order valence-corrected chi connectivity index (χ4v) is 5.57. The van der Waals surface area contributed by atoms with Gasteiger partial charge in [0.15, 0.2) is 11.0 Å². The van der Waals surface area contributed by atoms with Crippen molar-refractivity contribution >= 4 is 39.1 Å². The van der Waals surface area contributed by atoms with Gasteiger partial charge in [-0.15, -0.1) is 31.7 Å². The molecule has 11 heteroatoms. The summed E-state index contributed by atoms with van der Waals surface area (Å²) in [4.78, 5) is 14.7. The summed E-state index contributed by atoms with van der Waals surface area (Å²) in [5.41, 5.74) is 0.817. The van der Waals surface area contributed by atoms with Crippen LogP contribution in [0.4, 0.5) is 0 Å². The maximum Gasteiger partial charge on any atom is 0.272 e. The fraction of sp³-hybridized carbons (Fsp3) is 0.550. The third kappa shape index (κ3) is 3.90. The Morgan fingerprint density at radius 2 is 2.00 bits per heavy atom. The molecule has 0 saturated heterocycles. The van der Waals surface area contributed by atoms with Crippen molar-refractivity contribution in [2.24, 2.45) is 7.05 Å². The second kappa shape index (κ2) is 9.09. The zero-order valence-electron chi connectivity index (χ0n) is 18.6. The minimum absolute atomic E-state index is 0.0395. The summed E-state index contributed by atoms with van der Waals surface area (Å²) in [7, 11) is 5.90. The molecule has 0 aliphatic heterocycles. The number of hydrogen-bond donors (Lipinski definition) is 0. The highest BCUT2D eigenvalue weighted by Crippen LogP contribution is 2.28. The summed E-state index contributed by atoms with van der Waals surface area (Å²) < 4.78 is 6.50. The molecule has 4 rings (SSSR count). The van der Waals surface area contributed by atoms with Crippen molar-refractivity contribution in [1.29, 1.82) is 0 Å². The first-order valence-corrected chi connectivity index (χ1v) is 12.4. The predicted octanol–water partition coefficient (Wildman–Crippen LogP) is 3.34. The standard InChI is InChI=1S/C20H28N8OS2/c1-6-8-10-27-17(13(7-2)25(3)4)22-24-20(27)31-12-15-21-23-19-26(5)18(29)16-14(28(15)19)9-11-30-16/h9,11,13H,6-8,10,12H2,1-5H3. The van der Waals surface area contributed by atoms with Crippen LogP contribution in [0.15, 0.2) is 21.4 Å². The second-order valence-corrected chi connectivity index (χ2v) is 9.63. The minimum Gasteiger partial charge on any atom is -0.305 e. The van der Waals surface area contributed by atoms with Crippen LogP contribution >= 0.6 is 23.1 Å². The van der Waals surface area contributed by atoms with Crippen molar-refractivity contribution in [3.05, 3.63) is 33.4 Å². The predicted molar refractivity (Wildman–Crippen MR) is 125 cm³/mol. The third-order valence-corrected chi connectivity index (χ3v) is 7.37. The third-order valence-electron chi connectivity index (χ3n) is 5.52. The van der Waals surface area contributed by atoms with Crippen LogP contribution in [0, 0.1) is 0 Å². The van der Waals surface area contributed by atoms with E-state index in [9.17, 15) is 4.79 Å². The summed E-state index contributed by atoms with van der Waals surface area (Å²) in [6.07, 6.45) is 3.16. The normalized spacial score (nSPS) is 13.1. The maximum atomic E-state index is 12.5. The molecule has 0 fully saturated rings. The van der Waals surface area contributed by atoms with Gasteiger partial charge in [0.2, 0.25) is 5.78 Å². The topological polar surface area (TPSA) is 86.1 Å². The van der Waals surface area contributed by atoms with Crippen LogP contribution in [0.1, 0.15) is 50.8 Å². The Kier molecular flexibility index (Phi) is 6.44. The Bertz CT molecular complexity index is 1250. The number of rotatable bonds is 9. The first-order chi connectivity index (χ1) is 15.0. The van der Waals surface area contributed by atoms with E-state index in [1.165, 1.54) is 11.3 Å². The number of hydrogen-bond acceptors (Lipinski definition) is 8. The molecule has 4 aromatic heterocycles.